The molecule has 1 aliphatic heterocycles. The van der Waals surface area contributed by atoms with Gasteiger partial charge >= 0.3 is 6.36 Å². The third-order valence-electron chi connectivity index (χ3n) is 4.57. The van der Waals surface area contributed by atoms with Gasteiger partial charge in [0.05, 0.1) is 0 Å². The standard InChI is InChI=1S/C18H19F3N2O3/c1-12-22-15(11-25-12)16(24)23-9-3-8-17(23,2)10-13-4-6-14(7-5-13)26-18(19,20)21/h4-7,11H,3,8-10H2,1-2H3. The lowest BCUT2D eigenvalue weighted by molar-refractivity contribution is -0.274. The van der Waals surface area contributed by atoms with E-state index in [1.165, 1.54) is 18.4 Å². The molecular formula is C18H19F3N2O3. The second-order valence-electron chi connectivity index (χ2n) is 6.68. The first kappa shape index (κ1) is 18.3. The van der Waals surface area contributed by atoms with Gasteiger partial charge in [0.2, 0.25) is 0 Å². The zero-order valence-corrected chi connectivity index (χ0v) is 14.5. The van der Waals surface area contributed by atoms with Gasteiger partial charge in [0, 0.05) is 19.0 Å². The van der Waals surface area contributed by atoms with Crippen molar-refractivity contribution in [1.82, 2.24) is 9.88 Å². The van der Waals surface area contributed by atoms with E-state index in [4.69, 9.17) is 4.42 Å². The maximum atomic E-state index is 12.7. The molecular weight excluding hydrogens is 349 g/mol. The fourth-order valence-corrected chi connectivity index (χ4v) is 3.40. The summed E-state index contributed by atoms with van der Waals surface area (Å²) < 4.78 is 45.8. The molecule has 0 radical (unpaired) electrons. The van der Waals surface area contributed by atoms with Crippen molar-refractivity contribution in [1.29, 1.82) is 0 Å². The number of benzene rings is 1. The van der Waals surface area contributed by atoms with Crippen LogP contribution in [0.15, 0.2) is 34.9 Å². The van der Waals surface area contributed by atoms with E-state index in [0.29, 0.717) is 18.9 Å². The Kier molecular flexibility index (Phi) is 4.68. The van der Waals surface area contributed by atoms with Crippen molar-refractivity contribution >= 4 is 5.91 Å². The topological polar surface area (TPSA) is 55.6 Å². The summed E-state index contributed by atoms with van der Waals surface area (Å²) in [6, 6.07) is 5.75. The molecule has 0 saturated carbocycles. The van der Waals surface area contributed by atoms with Crippen molar-refractivity contribution in [2.45, 2.75) is 45.0 Å². The molecule has 0 N–H and O–H groups in total. The highest BCUT2D eigenvalue weighted by Gasteiger charge is 2.40. The number of rotatable bonds is 4. The van der Waals surface area contributed by atoms with E-state index in [-0.39, 0.29) is 17.4 Å². The molecule has 1 fully saturated rings. The second kappa shape index (κ2) is 6.66. The quantitative estimate of drug-likeness (QED) is 0.815. The normalized spacial score (nSPS) is 20.4. The Morgan fingerprint density at radius 1 is 1.35 bits per heavy atom. The number of nitrogens with zero attached hydrogens (tertiary/aromatic N) is 2. The van der Waals surface area contributed by atoms with Crippen LogP contribution in [-0.2, 0) is 6.42 Å². The number of carbonyl (C=O) groups is 1. The van der Waals surface area contributed by atoms with Gasteiger partial charge in [-0.25, -0.2) is 4.98 Å². The summed E-state index contributed by atoms with van der Waals surface area (Å²) in [4.78, 5) is 18.6. The van der Waals surface area contributed by atoms with Gasteiger partial charge in [0.15, 0.2) is 11.6 Å². The molecule has 1 atom stereocenters. The van der Waals surface area contributed by atoms with E-state index in [9.17, 15) is 18.0 Å². The van der Waals surface area contributed by atoms with Crippen LogP contribution in [0.4, 0.5) is 13.2 Å². The summed E-state index contributed by atoms with van der Waals surface area (Å²) in [5.41, 5.74) is 0.665. The molecule has 2 aromatic rings. The van der Waals surface area contributed by atoms with E-state index in [1.807, 2.05) is 6.92 Å². The molecule has 140 valence electrons. The molecule has 1 aromatic carbocycles. The van der Waals surface area contributed by atoms with Gasteiger partial charge in [-0.1, -0.05) is 12.1 Å². The average Bonchev–Trinajstić information content (AvgIpc) is 3.13. The molecule has 1 saturated heterocycles. The van der Waals surface area contributed by atoms with Gasteiger partial charge in [-0.2, -0.15) is 0 Å². The minimum atomic E-state index is -4.71. The first-order valence-electron chi connectivity index (χ1n) is 8.25. The lowest BCUT2D eigenvalue weighted by atomic mass is 9.90. The molecule has 1 unspecified atom stereocenters. The van der Waals surface area contributed by atoms with Crippen LogP contribution in [0.2, 0.25) is 0 Å². The molecule has 0 spiro atoms. The number of carbonyl (C=O) groups excluding carboxylic acids is 1. The van der Waals surface area contributed by atoms with Crippen molar-refractivity contribution in [3.8, 4) is 5.75 Å². The van der Waals surface area contributed by atoms with Crippen LogP contribution in [0.3, 0.4) is 0 Å². The van der Waals surface area contributed by atoms with Gasteiger partial charge in [0.25, 0.3) is 5.91 Å². The summed E-state index contributed by atoms with van der Waals surface area (Å²) in [7, 11) is 0. The van der Waals surface area contributed by atoms with Crippen LogP contribution in [0.1, 0.15) is 41.7 Å². The smallest absolute Gasteiger partial charge is 0.448 e. The van der Waals surface area contributed by atoms with Crippen molar-refractivity contribution < 1.29 is 27.1 Å². The number of aryl methyl sites for hydroxylation is 1. The van der Waals surface area contributed by atoms with Crippen molar-refractivity contribution in [3.63, 3.8) is 0 Å². The van der Waals surface area contributed by atoms with Gasteiger partial charge in [0.1, 0.15) is 12.0 Å². The third kappa shape index (κ3) is 4.00. The fraction of sp³-hybridized carbons (Fsp3) is 0.444. The van der Waals surface area contributed by atoms with E-state index >= 15 is 0 Å². The lowest BCUT2D eigenvalue weighted by Crippen LogP contribution is -2.46. The maximum absolute atomic E-state index is 12.7. The molecule has 1 aromatic heterocycles. The van der Waals surface area contributed by atoms with Crippen LogP contribution in [0.25, 0.3) is 0 Å². The first-order valence-corrected chi connectivity index (χ1v) is 8.25. The molecule has 0 aliphatic carbocycles. The van der Waals surface area contributed by atoms with Gasteiger partial charge < -0.3 is 14.1 Å². The number of hydrogen-bond donors (Lipinski definition) is 0. The third-order valence-corrected chi connectivity index (χ3v) is 4.57. The monoisotopic (exact) mass is 368 g/mol. The van der Waals surface area contributed by atoms with E-state index in [2.05, 4.69) is 9.72 Å². The maximum Gasteiger partial charge on any atom is 0.573 e. The molecule has 1 aliphatic rings. The first-order chi connectivity index (χ1) is 12.2. The van der Waals surface area contributed by atoms with Crippen molar-refractivity contribution in [2.75, 3.05) is 6.54 Å². The number of ether oxygens (including phenoxy) is 1. The average molecular weight is 368 g/mol. The highest BCUT2D eigenvalue weighted by atomic mass is 19.4. The Morgan fingerprint density at radius 3 is 2.62 bits per heavy atom. The van der Waals surface area contributed by atoms with Crippen molar-refractivity contribution in [2.24, 2.45) is 0 Å². The van der Waals surface area contributed by atoms with E-state index in [0.717, 1.165) is 18.4 Å². The van der Waals surface area contributed by atoms with Gasteiger partial charge in [-0.15, -0.1) is 13.2 Å². The largest absolute Gasteiger partial charge is 0.573 e. The molecule has 26 heavy (non-hydrogen) atoms. The van der Waals surface area contributed by atoms with Crippen LogP contribution in [0, 0.1) is 6.92 Å². The lowest BCUT2D eigenvalue weighted by Gasteiger charge is -2.35. The van der Waals surface area contributed by atoms with Crippen LogP contribution < -0.4 is 4.74 Å². The number of amides is 1. The number of hydrogen-bond acceptors (Lipinski definition) is 4. The Balaban J connectivity index is 1.74. The molecule has 2 heterocycles. The summed E-state index contributed by atoms with van der Waals surface area (Å²) in [6.07, 6.45) is -1.18. The summed E-state index contributed by atoms with van der Waals surface area (Å²) >= 11 is 0. The zero-order chi connectivity index (χ0) is 18.9. The number of halogens is 3. The van der Waals surface area contributed by atoms with Crippen LogP contribution in [0.5, 0.6) is 5.75 Å². The van der Waals surface area contributed by atoms with Crippen LogP contribution >= 0.6 is 0 Å². The highest BCUT2D eigenvalue weighted by Crippen LogP contribution is 2.34. The minimum absolute atomic E-state index is 0.195. The predicted molar refractivity (Wildman–Crippen MR) is 86.7 cm³/mol. The fourth-order valence-electron chi connectivity index (χ4n) is 3.40. The SMILES string of the molecule is Cc1nc(C(=O)N2CCCC2(C)Cc2ccc(OC(F)(F)F)cc2)co1. The minimum Gasteiger partial charge on any atom is -0.448 e. The summed E-state index contributed by atoms with van der Waals surface area (Å²) in [5.74, 6) is -0.0304. The Hall–Kier alpha value is -2.51. The van der Waals surface area contributed by atoms with Gasteiger partial charge in [-0.05, 0) is 43.9 Å². The number of likely N-dealkylation sites (tertiary alicyclic amines) is 1. The Bertz CT molecular complexity index is 786. The zero-order valence-electron chi connectivity index (χ0n) is 14.5. The Morgan fingerprint density at radius 2 is 2.04 bits per heavy atom. The summed E-state index contributed by atoms with van der Waals surface area (Å²) in [5, 5.41) is 0. The molecule has 1 amide bonds. The molecule has 5 nitrogen and oxygen atoms in total. The molecule has 8 heteroatoms. The summed E-state index contributed by atoms with van der Waals surface area (Å²) in [6.45, 7) is 4.26. The van der Waals surface area contributed by atoms with Crippen LogP contribution in [-0.4, -0.2) is 34.2 Å². The number of alkyl halides is 3. The molecule has 0 bridgehead atoms. The van der Waals surface area contributed by atoms with E-state index < -0.39 is 11.9 Å². The predicted octanol–water partition coefficient (Wildman–Crippen LogP) is 4.12. The highest BCUT2D eigenvalue weighted by molar-refractivity contribution is 5.92. The van der Waals surface area contributed by atoms with E-state index in [1.54, 1.807) is 24.0 Å². The van der Waals surface area contributed by atoms with Gasteiger partial charge in [-0.3, -0.25) is 4.79 Å². The Labute approximate surface area is 148 Å². The number of aromatic nitrogens is 1. The number of oxazole rings is 1. The second-order valence-corrected chi connectivity index (χ2v) is 6.68. The van der Waals surface area contributed by atoms with Crippen molar-refractivity contribution in [3.05, 3.63) is 47.7 Å². The molecule has 3 rings (SSSR count).